The van der Waals surface area contributed by atoms with Crippen LogP contribution >= 0.6 is 22.7 Å². The highest BCUT2D eigenvalue weighted by atomic mass is 32.2. The Morgan fingerprint density at radius 3 is 2.24 bits per heavy atom. The lowest BCUT2D eigenvalue weighted by Gasteiger charge is -2.06. The molecule has 0 saturated heterocycles. The molecule has 2 aromatic heterocycles. The van der Waals surface area contributed by atoms with Gasteiger partial charge in [0.2, 0.25) is 0 Å². The van der Waals surface area contributed by atoms with Crippen LogP contribution in [-0.4, -0.2) is 47.9 Å². The minimum absolute atomic E-state index is 0.00331. The Morgan fingerprint density at radius 2 is 1.61 bits per heavy atom. The number of aromatic nitrogens is 2. The van der Waals surface area contributed by atoms with Gasteiger partial charge in [-0.15, -0.1) is 22.7 Å². The van der Waals surface area contributed by atoms with Gasteiger partial charge in [-0.2, -0.15) is 0 Å². The van der Waals surface area contributed by atoms with Crippen molar-refractivity contribution in [1.29, 1.82) is 0 Å². The lowest BCUT2D eigenvalue weighted by molar-refractivity contribution is -0.142. The summed E-state index contributed by atoms with van der Waals surface area (Å²) in [4.78, 5) is 42.7. The Hall–Kier alpha value is -3.36. The molecule has 0 aliphatic carbocycles. The van der Waals surface area contributed by atoms with Gasteiger partial charge in [0.15, 0.2) is 10.3 Å². The summed E-state index contributed by atoms with van der Waals surface area (Å²) in [5, 5.41) is 14.8. The van der Waals surface area contributed by atoms with Crippen molar-refractivity contribution in [2.24, 2.45) is 0 Å². The van der Waals surface area contributed by atoms with Gasteiger partial charge >= 0.3 is 11.9 Å². The highest BCUT2D eigenvalue weighted by molar-refractivity contribution is 7.93. The second kappa shape index (κ2) is 10.5. The SMILES string of the molecule is CCOC(=O)Cc1csc(NC(=O)c2ccc(S(=O)(=O)Nc3nc(CC(=O)O)cs3)cc2)n1. The van der Waals surface area contributed by atoms with Crippen LogP contribution in [-0.2, 0) is 37.2 Å². The number of rotatable bonds is 10. The molecule has 3 rings (SSSR count). The molecule has 0 unspecified atom stereocenters. The molecule has 1 aromatic carbocycles. The zero-order valence-corrected chi connectivity index (χ0v) is 19.6. The molecule has 0 radical (unpaired) electrons. The first-order chi connectivity index (χ1) is 15.7. The first-order valence-electron chi connectivity index (χ1n) is 9.36. The molecule has 14 heteroatoms. The van der Waals surface area contributed by atoms with E-state index in [-0.39, 0.29) is 40.7 Å². The monoisotopic (exact) mass is 510 g/mol. The Labute approximate surface area is 196 Å². The molecule has 2 heterocycles. The molecule has 0 fully saturated rings. The second-order valence-electron chi connectivity index (χ2n) is 6.42. The Balaban J connectivity index is 1.62. The van der Waals surface area contributed by atoms with Gasteiger partial charge in [0, 0.05) is 16.3 Å². The third kappa shape index (κ3) is 6.81. The van der Waals surface area contributed by atoms with E-state index in [0.717, 1.165) is 22.7 Å². The van der Waals surface area contributed by atoms with Gasteiger partial charge in [0.25, 0.3) is 15.9 Å². The summed E-state index contributed by atoms with van der Waals surface area (Å²) >= 11 is 2.11. The third-order valence-corrected chi connectivity index (χ3v) is 7.03. The fourth-order valence-electron chi connectivity index (χ4n) is 2.52. The van der Waals surface area contributed by atoms with Crippen molar-refractivity contribution >= 4 is 60.8 Å². The topological polar surface area (TPSA) is 165 Å². The van der Waals surface area contributed by atoms with Crippen LogP contribution in [0.5, 0.6) is 0 Å². The van der Waals surface area contributed by atoms with Crippen LogP contribution in [0, 0.1) is 0 Å². The minimum Gasteiger partial charge on any atom is -0.481 e. The van der Waals surface area contributed by atoms with Crippen molar-refractivity contribution in [3.63, 3.8) is 0 Å². The molecule has 0 aliphatic rings. The molecule has 1 amide bonds. The van der Waals surface area contributed by atoms with E-state index in [1.54, 1.807) is 12.3 Å². The highest BCUT2D eigenvalue weighted by Crippen LogP contribution is 2.22. The first kappa shape index (κ1) is 24.3. The van der Waals surface area contributed by atoms with E-state index >= 15 is 0 Å². The number of carboxylic acids is 1. The number of amides is 1. The van der Waals surface area contributed by atoms with E-state index in [9.17, 15) is 22.8 Å². The number of sulfonamides is 1. The first-order valence-corrected chi connectivity index (χ1v) is 12.6. The minimum atomic E-state index is -3.98. The molecule has 0 bridgehead atoms. The van der Waals surface area contributed by atoms with Crippen molar-refractivity contribution in [3.05, 3.63) is 52.0 Å². The van der Waals surface area contributed by atoms with Crippen LogP contribution in [0.2, 0.25) is 0 Å². The number of carboxylic acid groups (broad SMARTS) is 1. The van der Waals surface area contributed by atoms with E-state index in [2.05, 4.69) is 20.0 Å². The summed E-state index contributed by atoms with van der Waals surface area (Å²) < 4.78 is 32.2. The number of hydrogen-bond acceptors (Lipinski definition) is 10. The van der Waals surface area contributed by atoms with Crippen LogP contribution < -0.4 is 10.0 Å². The van der Waals surface area contributed by atoms with Crippen molar-refractivity contribution in [2.75, 3.05) is 16.6 Å². The number of hydrogen-bond donors (Lipinski definition) is 3. The van der Waals surface area contributed by atoms with Gasteiger partial charge in [-0.1, -0.05) is 0 Å². The molecular formula is C19H18N4O7S3. The molecule has 0 spiro atoms. The summed E-state index contributed by atoms with van der Waals surface area (Å²) in [5.74, 6) is -1.99. The van der Waals surface area contributed by atoms with Crippen LogP contribution in [0.25, 0.3) is 0 Å². The van der Waals surface area contributed by atoms with Crippen LogP contribution in [0.3, 0.4) is 0 Å². The quantitative estimate of drug-likeness (QED) is 0.347. The number of aliphatic carboxylic acids is 1. The number of ether oxygens (including phenoxy) is 1. The maximum atomic E-state index is 12.5. The lowest BCUT2D eigenvalue weighted by Crippen LogP contribution is -2.15. The van der Waals surface area contributed by atoms with E-state index in [4.69, 9.17) is 9.84 Å². The predicted octanol–water partition coefficient (Wildman–Crippen LogP) is 2.39. The summed E-state index contributed by atoms with van der Waals surface area (Å²) in [6, 6.07) is 5.21. The van der Waals surface area contributed by atoms with Crippen molar-refractivity contribution in [3.8, 4) is 0 Å². The summed E-state index contributed by atoms with van der Waals surface area (Å²) in [6.45, 7) is 1.97. The number of benzene rings is 1. The molecule has 33 heavy (non-hydrogen) atoms. The second-order valence-corrected chi connectivity index (χ2v) is 9.82. The van der Waals surface area contributed by atoms with Gasteiger partial charge in [-0.25, -0.2) is 18.4 Å². The number of carbonyl (C=O) groups excluding carboxylic acids is 2. The van der Waals surface area contributed by atoms with Crippen LogP contribution in [0.15, 0.2) is 39.9 Å². The zero-order chi connectivity index (χ0) is 24.0. The van der Waals surface area contributed by atoms with Crippen molar-refractivity contribution in [1.82, 2.24) is 9.97 Å². The van der Waals surface area contributed by atoms with E-state index < -0.39 is 27.9 Å². The van der Waals surface area contributed by atoms with E-state index in [0.29, 0.717) is 10.8 Å². The Bertz CT molecular complexity index is 1270. The molecule has 11 nitrogen and oxygen atoms in total. The number of anilines is 2. The van der Waals surface area contributed by atoms with Crippen LogP contribution in [0.4, 0.5) is 10.3 Å². The summed E-state index contributed by atoms with van der Waals surface area (Å²) in [5.41, 5.74) is 0.911. The zero-order valence-electron chi connectivity index (χ0n) is 17.1. The molecule has 3 aromatic rings. The molecule has 3 N–H and O–H groups in total. The van der Waals surface area contributed by atoms with Gasteiger partial charge in [-0.3, -0.25) is 24.4 Å². The fraction of sp³-hybridized carbons (Fsp3) is 0.211. The molecule has 0 atom stereocenters. The number of esters is 1. The molecule has 0 saturated carbocycles. The van der Waals surface area contributed by atoms with Gasteiger partial charge in [0.05, 0.1) is 35.7 Å². The Morgan fingerprint density at radius 1 is 1.00 bits per heavy atom. The predicted molar refractivity (Wildman–Crippen MR) is 121 cm³/mol. The largest absolute Gasteiger partial charge is 0.481 e. The summed E-state index contributed by atoms with van der Waals surface area (Å²) in [6.07, 6.45) is -0.317. The maximum Gasteiger partial charge on any atom is 0.311 e. The number of nitrogens with one attached hydrogen (secondary N) is 2. The Kier molecular flexibility index (Phi) is 7.73. The number of nitrogens with zero attached hydrogens (tertiary/aromatic N) is 2. The average Bonchev–Trinajstić information content (AvgIpc) is 3.36. The standard InChI is InChI=1S/C19H18N4O7S3/c1-2-30-16(26)8-13-10-31-18(20-13)22-17(27)11-3-5-14(6-4-11)33(28,29)23-19-21-12(9-32-19)7-15(24)25/h3-6,9-10H,2,7-8H2,1H3,(H,21,23)(H,24,25)(H,20,22,27). The van der Waals surface area contributed by atoms with Gasteiger partial charge in [0.1, 0.15) is 0 Å². The van der Waals surface area contributed by atoms with Gasteiger partial charge in [-0.05, 0) is 31.2 Å². The van der Waals surface area contributed by atoms with Gasteiger partial charge < -0.3 is 9.84 Å². The number of thiazole rings is 2. The fourth-order valence-corrected chi connectivity index (χ4v) is 5.19. The lowest BCUT2D eigenvalue weighted by atomic mass is 10.2. The van der Waals surface area contributed by atoms with E-state index in [1.807, 2.05) is 0 Å². The normalized spacial score (nSPS) is 11.1. The smallest absolute Gasteiger partial charge is 0.311 e. The van der Waals surface area contributed by atoms with E-state index in [1.165, 1.54) is 29.6 Å². The third-order valence-electron chi connectivity index (χ3n) is 3.94. The van der Waals surface area contributed by atoms with Crippen LogP contribution in [0.1, 0.15) is 28.7 Å². The molecule has 174 valence electrons. The maximum absolute atomic E-state index is 12.5. The molecule has 0 aliphatic heterocycles. The molecular weight excluding hydrogens is 492 g/mol. The highest BCUT2D eigenvalue weighted by Gasteiger charge is 2.18. The van der Waals surface area contributed by atoms with Crippen molar-refractivity contribution < 1.29 is 32.6 Å². The average molecular weight is 511 g/mol. The van der Waals surface area contributed by atoms with Crippen molar-refractivity contribution in [2.45, 2.75) is 24.7 Å². The number of carbonyl (C=O) groups is 3. The summed E-state index contributed by atoms with van der Waals surface area (Å²) in [7, 11) is -3.98.